The molecule has 1 N–H and O–H groups in total. The van der Waals surface area contributed by atoms with E-state index < -0.39 is 24.4 Å². The lowest BCUT2D eigenvalue weighted by molar-refractivity contribution is -0.140. The van der Waals surface area contributed by atoms with Gasteiger partial charge in [0.25, 0.3) is 5.91 Å². The number of ether oxygens (including phenoxy) is 2. The summed E-state index contributed by atoms with van der Waals surface area (Å²) in [6, 6.07) is 13.5. The molecule has 0 saturated carbocycles. The van der Waals surface area contributed by atoms with Crippen LogP contribution in [0.25, 0.3) is 6.08 Å². The highest BCUT2D eigenvalue weighted by atomic mass is 32.2. The lowest BCUT2D eigenvalue weighted by Gasteiger charge is -2.12. The Hall–Kier alpha value is -3.17. The van der Waals surface area contributed by atoms with Crippen LogP contribution in [0, 0.1) is 0 Å². The summed E-state index contributed by atoms with van der Waals surface area (Å²) in [5.41, 5.74) is 1.03. The quantitative estimate of drug-likeness (QED) is 0.300. The van der Waals surface area contributed by atoms with Crippen LogP contribution < -0.4 is 9.47 Å². The standard InChI is InChI=1S/C21H17NO6S2/c1-2-27-16-10-13(11-17-19(25)22(12-18(23)24)21(29)30-17)8-9-15(16)28-20(26)14-6-4-3-5-7-14/h3-11H,2,12H2,1H3,(H,23,24)/b17-11+. The molecule has 9 heteroatoms. The van der Waals surface area contributed by atoms with Crippen molar-refractivity contribution in [3.63, 3.8) is 0 Å². The summed E-state index contributed by atoms with van der Waals surface area (Å²) in [5, 5.41) is 8.93. The molecule has 154 valence electrons. The summed E-state index contributed by atoms with van der Waals surface area (Å²) in [6.45, 7) is 1.66. The predicted octanol–water partition coefficient (Wildman–Crippen LogP) is 3.59. The van der Waals surface area contributed by atoms with Crippen LogP contribution in [-0.4, -0.2) is 45.3 Å². The van der Waals surface area contributed by atoms with Crippen molar-refractivity contribution in [3.8, 4) is 11.5 Å². The number of amides is 1. The summed E-state index contributed by atoms with van der Waals surface area (Å²) >= 11 is 6.12. The van der Waals surface area contributed by atoms with Gasteiger partial charge in [-0.15, -0.1) is 0 Å². The van der Waals surface area contributed by atoms with Gasteiger partial charge in [0.2, 0.25) is 0 Å². The van der Waals surface area contributed by atoms with Crippen molar-refractivity contribution in [1.82, 2.24) is 4.90 Å². The Labute approximate surface area is 182 Å². The molecule has 0 radical (unpaired) electrons. The van der Waals surface area contributed by atoms with E-state index in [0.29, 0.717) is 28.4 Å². The normalized spacial score (nSPS) is 14.8. The second-order valence-electron chi connectivity index (χ2n) is 6.06. The molecular weight excluding hydrogens is 426 g/mol. The van der Waals surface area contributed by atoms with E-state index in [4.69, 9.17) is 26.8 Å². The van der Waals surface area contributed by atoms with Gasteiger partial charge in [-0.1, -0.05) is 48.2 Å². The second kappa shape index (κ2) is 9.55. The molecule has 2 aromatic rings. The topological polar surface area (TPSA) is 93.1 Å². The maximum Gasteiger partial charge on any atom is 0.343 e. The Morgan fingerprint density at radius 2 is 1.90 bits per heavy atom. The van der Waals surface area contributed by atoms with Crippen LogP contribution in [0.15, 0.2) is 53.4 Å². The summed E-state index contributed by atoms with van der Waals surface area (Å²) < 4.78 is 11.2. The molecule has 0 atom stereocenters. The SMILES string of the molecule is CCOc1cc(/C=C2/SC(=S)N(CC(=O)O)C2=O)ccc1OC(=O)c1ccccc1. The Morgan fingerprint density at radius 1 is 1.17 bits per heavy atom. The first-order chi connectivity index (χ1) is 14.4. The third-order valence-corrected chi connectivity index (χ3v) is 5.32. The van der Waals surface area contributed by atoms with Crippen molar-refractivity contribution in [2.24, 2.45) is 0 Å². The number of carboxylic acid groups (broad SMARTS) is 1. The largest absolute Gasteiger partial charge is 0.490 e. The minimum Gasteiger partial charge on any atom is -0.490 e. The summed E-state index contributed by atoms with van der Waals surface area (Å²) in [6.07, 6.45) is 1.59. The van der Waals surface area contributed by atoms with Gasteiger partial charge in [0.05, 0.1) is 17.1 Å². The molecule has 30 heavy (non-hydrogen) atoms. The van der Waals surface area contributed by atoms with Gasteiger partial charge in [0.15, 0.2) is 11.5 Å². The van der Waals surface area contributed by atoms with Crippen LogP contribution >= 0.6 is 24.0 Å². The van der Waals surface area contributed by atoms with E-state index in [-0.39, 0.29) is 10.1 Å². The summed E-state index contributed by atoms with van der Waals surface area (Å²) in [7, 11) is 0. The second-order valence-corrected chi connectivity index (χ2v) is 7.73. The minimum absolute atomic E-state index is 0.187. The molecule has 0 bridgehead atoms. The molecule has 2 aromatic carbocycles. The first-order valence-corrected chi connectivity index (χ1v) is 10.1. The van der Waals surface area contributed by atoms with E-state index in [2.05, 4.69) is 0 Å². The Morgan fingerprint density at radius 3 is 2.57 bits per heavy atom. The number of benzene rings is 2. The van der Waals surface area contributed by atoms with E-state index >= 15 is 0 Å². The number of hydrogen-bond acceptors (Lipinski definition) is 7. The number of carbonyl (C=O) groups excluding carboxylic acids is 2. The Balaban J connectivity index is 1.84. The molecule has 0 unspecified atom stereocenters. The van der Waals surface area contributed by atoms with E-state index in [1.807, 2.05) is 0 Å². The van der Waals surface area contributed by atoms with Gasteiger partial charge in [-0.05, 0) is 42.8 Å². The Bertz CT molecular complexity index is 1040. The number of aliphatic carboxylic acids is 1. The zero-order valence-corrected chi connectivity index (χ0v) is 17.5. The van der Waals surface area contributed by atoms with E-state index in [1.54, 1.807) is 61.5 Å². The fraction of sp³-hybridized carbons (Fsp3) is 0.143. The monoisotopic (exact) mass is 443 g/mol. The van der Waals surface area contributed by atoms with Crippen LogP contribution in [0.3, 0.4) is 0 Å². The number of carbonyl (C=O) groups is 3. The highest BCUT2D eigenvalue weighted by Crippen LogP contribution is 2.35. The van der Waals surface area contributed by atoms with Crippen LogP contribution in [0.5, 0.6) is 11.5 Å². The fourth-order valence-corrected chi connectivity index (χ4v) is 3.88. The third kappa shape index (κ3) is 5.05. The smallest absolute Gasteiger partial charge is 0.343 e. The maximum absolute atomic E-state index is 12.4. The lowest BCUT2D eigenvalue weighted by Crippen LogP contribution is -2.33. The highest BCUT2D eigenvalue weighted by Gasteiger charge is 2.33. The zero-order valence-electron chi connectivity index (χ0n) is 15.9. The molecule has 3 rings (SSSR count). The minimum atomic E-state index is -1.14. The predicted molar refractivity (Wildman–Crippen MR) is 117 cm³/mol. The average Bonchev–Trinajstić information content (AvgIpc) is 2.97. The maximum atomic E-state index is 12.4. The summed E-state index contributed by atoms with van der Waals surface area (Å²) in [5.74, 6) is -1.53. The first kappa shape index (κ1) is 21.5. The number of esters is 1. The first-order valence-electron chi connectivity index (χ1n) is 8.90. The van der Waals surface area contributed by atoms with Crippen LogP contribution in [0.4, 0.5) is 0 Å². The highest BCUT2D eigenvalue weighted by molar-refractivity contribution is 8.26. The molecule has 1 amide bonds. The van der Waals surface area contributed by atoms with E-state index in [0.717, 1.165) is 16.7 Å². The van der Waals surface area contributed by atoms with Crippen molar-refractivity contribution in [2.45, 2.75) is 6.92 Å². The summed E-state index contributed by atoms with van der Waals surface area (Å²) in [4.78, 5) is 37.0. The molecule has 1 aliphatic rings. The van der Waals surface area contributed by atoms with Gasteiger partial charge in [0.1, 0.15) is 10.9 Å². The van der Waals surface area contributed by atoms with Crippen molar-refractivity contribution in [3.05, 3.63) is 64.6 Å². The number of thiocarbonyl (C=S) groups is 1. The van der Waals surface area contributed by atoms with Crippen molar-refractivity contribution in [2.75, 3.05) is 13.2 Å². The number of nitrogens with zero attached hydrogens (tertiary/aromatic N) is 1. The average molecular weight is 444 g/mol. The van der Waals surface area contributed by atoms with Gasteiger partial charge in [-0.3, -0.25) is 14.5 Å². The molecule has 0 aromatic heterocycles. The molecule has 0 spiro atoms. The van der Waals surface area contributed by atoms with Crippen molar-refractivity contribution < 1.29 is 29.0 Å². The fourth-order valence-electron chi connectivity index (χ4n) is 2.62. The number of carboxylic acids is 1. The molecular formula is C21H17NO6S2. The molecule has 1 fully saturated rings. The van der Waals surface area contributed by atoms with Gasteiger partial charge >= 0.3 is 11.9 Å². The van der Waals surface area contributed by atoms with E-state index in [1.165, 1.54) is 0 Å². The van der Waals surface area contributed by atoms with E-state index in [9.17, 15) is 14.4 Å². The van der Waals surface area contributed by atoms with Gasteiger partial charge in [0, 0.05) is 0 Å². The lowest BCUT2D eigenvalue weighted by atomic mass is 10.1. The number of rotatable bonds is 7. The van der Waals surface area contributed by atoms with Gasteiger partial charge in [-0.25, -0.2) is 4.79 Å². The van der Waals surface area contributed by atoms with Crippen LogP contribution in [0.1, 0.15) is 22.8 Å². The molecule has 0 aliphatic carbocycles. The number of thioether (sulfide) groups is 1. The third-order valence-electron chi connectivity index (χ3n) is 3.94. The molecule has 1 saturated heterocycles. The zero-order chi connectivity index (χ0) is 21.7. The Kier molecular flexibility index (Phi) is 6.86. The van der Waals surface area contributed by atoms with Crippen LogP contribution in [0.2, 0.25) is 0 Å². The van der Waals surface area contributed by atoms with Gasteiger partial charge < -0.3 is 14.6 Å². The van der Waals surface area contributed by atoms with Crippen molar-refractivity contribution >= 4 is 52.2 Å². The molecule has 1 aliphatic heterocycles. The molecule has 1 heterocycles. The van der Waals surface area contributed by atoms with Gasteiger partial charge in [-0.2, -0.15) is 0 Å². The molecule has 7 nitrogen and oxygen atoms in total. The number of hydrogen-bond donors (Lipinski definition) is 1. The van der Waals surface area contributed by atoms with Crippen LogP contribution in [-0.2, 0) is 9.59 Å². The van der Waals surface area contributed by atoms with Crippen molar-refractivity contribution in [1.29, 1.82) is 0 Å².